The molecule has 0 unspecified atom stereocenters. The summed E-state index contributed by atoms with van der Waals surface area (Å²) in [5.41, 5.74) is 0. The highest BCUT2D eigenvalue weighted by molar-refractivity contribution is 9.10. The van der Waals surface area contributed by atoms with E-state index in [0.717, 1.165) is 4.47 Å². The predicted octanol–water partition coefficient (Wildman–Crippen LogP) is 1.43. The monoisotopic (exact) mass is 318 g/mol. The third kappa shape index (κ3) is 2.70. The van der Waals surface area contributed by atoms with Crippen LogP contribution in [0.1, 0.15) is 6.92 Å². The Hall–Kier alpha value is -0.430. The highest BCUT2D eigenvalue weighted by atomic mass is 79.9. The van der Waals surface area contributed by atoms with Crippen molar-refractivity contribution in [3.05, 3.63) is 28.7 Å². The lowest BCUT2D eigenvalue weighted by atomic mass is 10.3. The summed E-state index contributed by atoms with van der Waals surface area (Å²) in [4.78, 5) is 0.348. The maximum atomic E-state index is 12.4. The molecule has 6 heteroatoms. The molecule has 1 N–H and O–H groups in total. The van der Waals surface area contributed by atoms with Gasteiger partial charge in [-0.3, -0.25) is 0 Å². The van der Waals surface area contributed by atoms with Gasteiger partial charge in [0, 0.05) is 30.1 Å². The molecule has 1 saturated heterocycles. The highest BCUT2D eigenvalue weighted by Crippen LogP contribution is 2.22. The number of hydrogen-bond acceptors (Lipinski definition) is 3. The zero-order valence-electron chi connectivity index (χ0n) is 9.56. The first-order valence-corrected chi connectivity index (χ1v) is 7.73. The molecule has 4 nitrogen and oxygen atoms in total. The summed E-state index contributed by atoms with van der Waals surface area (Å²) in [5, 5.41) is 3.18. The molecule has 0 aromatic heterocycles. The van der Waals surface area contributed by atoms with Crippen molar-refractivity contribution < 1.29 is 8.42 Å². The molecule has 1 fully saturated rings. The summed E-state index contributed by atoms with van der Waals surface area (Å²) in [6, 6.07) is 6.83. The average Bonchev–Trinajstić information content (AvgIpc) is 2.29. The lowest BCUT2D eigenvalue weighted by Crippen LogP contribution is -2.52. The van der Waals surface area contributed by atoms with Gasteiger partial charge in [0.25, 0.3) is 0 Å². The number of piperazine rings is 1. The zero-order chi connectivity index (χ0) is 12.5. The number of nitrogens with one attached hydrogen (secondary N) is 1. The molecule has 1 aromatic rings. The Balaban J connectivity index is 2.35. The molecule has 94 valence electrons. The van der Waals surface area contributed by atoms with Crippen molar-refractivity contribution in [2.75, 3.05) is 19.6 Å². The van der Waals surface area contributed by atoms with Crippen LogP contribution in [0.5, 0.6) is 0 Å². The second-order valence-electron chi connectivity index (χ2n) is 4.13. The first-order valence-electron chi connectivity index (χ1n) is 5.50. The van der Waals surface area contributed by atoms with Crippen molar-refractivity contribution in [2.45, 2.75) is 17.9 Å². The van der Waals surface area contributed by atoms with Crippen LogP contribution in [0.3, 0.4) is 0 Å². The molecule has 1 heterocycles. The average molecular weight is 319 g/mol. The number of hydrogen-bond donors (Lipinski definition) is 1. The number of halogens is 1. The van der Waals surface area contributed by atoms with Crippen molar-refractivity contribution in [1.29, 1.82) is 0 Å². The second-order valence-corrected chi connectivity index (χ2v) is 6.93. The van der Waals surface area contributed by atoms with Crippen molar-refractivity contribution in [1.82, 2.24) is 9.62 Å². The molecule has 1 atom stereocenters. The van der Waals surface area contributed by atoms with Gasteiger partial charge in [0.1, 0.15) is 0 Å². The van der Waals surface area contributed by atoms with Crippen molar-refractivity contribution in [3.63, 3.8) is 0 Å². The van der Waals surface area contributed by atoms with E-state index in [0.29, 0.717) is 24.5 Å². The quantitative estimate of drug-likeness (QED) is 0.897. The third-order valence-electron chi connectivity index (χ3n) is 2.84. The van der Waals surface area contributed by atoms with Gasteiger partial charge in [0.2, 0.25) is 10.0 Å². The van der Waals surface area contributed by atoms with Crippen molar-refractivity contribution >= 4 is 26.0 Å². The predicted molar refractivity (Wildman–Crippen MR) is 70.4 cm³/mol. The Morgan fingerprint density at radius 2 is 2.24 bits per heavy atom. The summed E-state index contributed by atoms with van der Waals surface area (Å²) in [6.07, 6.45) is 0. The fourth-order valence-electron chi connectivity index (χ4n) is 1.94. The molecular weight excluding hydrogens is 304 g/mol. The summed E-state index contributed by atoms with van der Waals surface area (Å²) in [5.74, 6) is 0. The van der Waals surface area contributed by atoms with Crippen LogP contribution in [0.2, 0.25) is 0 Å². The van der Waals surface area contributed by atoms with Gasteiger partial charge in [-0.15, -0.1) is 0 Å². The van der Waals surface area contributed by atoms with Crippen LogP contribution >= 0.6 is 15.9 Å². The fourth-order valence-corrected chi connectivity index (χ4v) is 4.17. The minimum Gasteiger partial charge on any atom is -0.314 e. The Kier molecular flexibility index (Phi) is 3.87. The normalized spacial score (nSPS) is 22.6. The van der Waals surface area contributed by atoms with Gasteiger partial charge in [0.05, 0.1) is 4.90 Å². The second kappa shape index (κ2) is 5.06. The first-order chi connectivity index (χ1) is 8.01. The Labute approximate surface area is 110 Å². The van der Waals surface area contributed by atoms with Gasteiger partial charge >= 0.3 is 0 Å². The molecule has 2 rings (SSSR count). The molecule has 1 aliphatic rings. The number of sulfonamides is 1. The van der Waals surface area contributed by atoms with E-state index in [1.54, 1.807) is 22.5 Å². The van der Waals surface area contributed by atoms with Gasteiger partial charge in [-0.2, -0.15) is 4.31 Å². The first kappa shape index (κ1) is 13.0. The van der Waals surface area contributed by atoms with Gasteiger partial charge in [0.15, 0.2) is 0 Å². The summed E-state index contributed by atoms with van der Waals surface area (Å²) < 4.78 is 27.2. The molecule has 0 bridgehead atoms. The molecule has 0 saturated carbocycles. The number of benzene rings is 1. The van der Waals surface area contributed by atoms with E-state index in [-0.39, 0.29) is 6.04 Å². The van der Waals surface area contributed by atoms with E-state index in [2.05, 4.69) is 21.2 Å². The Morgan fingerprint density at radius 1 is 1.47 bits per heavy atom. The van der Waals surface area contributed by atoms with Crippen LogP contribution in [0.25, 0.3) is 0 Å². The molecule has 0 amide bonds. The van der Waals surface area contributed by atoms with E-state index in [1.807, 2.05) is 13.0 Å². The van der Waals surface area contributed by atoms with E-state index in [9.17, 15) is 8.42 Å². The topological polar surface area (TPSA) is 49.4 Å². The number of nitrogens with zero attached hydrogens (tertiary/aromatic N) is 1. The maximum Gasteiger partial charge on any atom is 0.243 e. The minimum absolute atomic E-state index is 0.00673. The van der Waals surface area contributed by atoms with Crippen molar-refractivity contribution in [2.24, 2.45) is 0 Å². The highest BCUT2D eigenvalue weighted by Gasteiger charge is 2.30. The lowest BCUT2D eigenvalue weighted by molar-refractivity contribution is 0.284. The zero-order valence-corrected chi connectivity index (χ0v) is 12.0. The molecule has 1 aromatic carbocycles. The largest absolute Gasteiger partial charge is 0.314 e. The maximum absolute atomic E-state index is 12.4. The number of rotatable bonds is 2. The van der Waals surface area contributed by atoms with E-state index in [4.69, 9.17) is 0 Å². The van der Waals surface area contributed by atoms with Crippen molar-refractivity contribution in [3.8, 4) is 0 Å². The molecule has 1 aliphatic heterocycles. The van der Waals surface area contributed by atoms with Crippen LogP contribution < -0.4 is 5.32 Å². The molecule has 0 radical (unpaired) electrons. The van der Waals surface area contributed by atoms with E-state index in [1.165, 1.54) is 0 Å². The summed E-state index contributed by atoms with van der Waals surface area (Å²) in [6.45, 7) is 3.85. The minimum atomic E-state index is -3.37. The third-order valence-corrected chi connectivity index (χ3v) is 5.35. The lowest BCUT2D eigenvalue weighted by Gasteiger charge is -2.32. The molecule has 0 aliphatic carbocycles. The van der Waals surface area contributed by atoms with Gasteiger partial charge in [-0.05, 0) is 25.1 Å². The van der Waals surface area contributed by atoms with Crippen LogP contribution in [0.15, 0.2) is 33.6 Å². The van der Waals surface area contributed by atoms with Crippen LogP contribution in [-0.4, -0.2) is 38.4 Å². The Morgan fingerprint density at radius 3 is 2.88 bits per heavy atom. The van der Waals surface area contributed by atoms with E-state index < -0.39 is 10.0 Å². The molecule has 0 spiro atoms. The summed E-state index contributed by atoms with van der Waals surface area (Å²) in [7, 11) is -3.37. The Bertz CT molecular complexity index is 504. The van der Waals surface area contributed by atoms with Crippen LogP contribution in [-0.2, 0) is 10.0 Å². The van der Waals surface area contributed by atoms with Gasteiger partial charge in [-0.1, -0.05) is 22.0 Å². The van der Waals surface area contributed by atoms with Gasteiger partial charge < -0.3 is 5.32 Å². The summed E-state index contributed by atoms with van der Waals surface area (Å²) >= 11 is 3.30. The standard InChI is InChI=1S/C11H15BrN2O2S/c1-9-8-13-5-6-14(9)17(15,16)11-4-2-3-10(12)7-11/h2-4,7,9,13H,5-6,8H2,1H3/t9-/m1/s1. The smallest absolute Gasteiger partial charge is 0.243 e. The van der Waals surface area contributed by atoms with Gasteiger partial charge in [-0.25, -0.2) is 8.42 Å². The van der Waals surface area contributed by atoms with Crippen LogP contribution in [0.4, 0.5) is 0 Å². The van der Waals surface area contributed by atoms with E-state index >= 15 is 0 Å². The molecular formula is C11H15BrN2O2S. The fraction of sp³-hybridized carbons (Fsp3) is 0.455. The SMILES string of the molecule is C[C@@H]1CNCCN1S(=O)(=O)c1cccc(Br)c1. The molecule has 17 heavy (non-hydrogen) atoms. The van der Waals surface area contributed by atoms with Crippen LogP contribution in [0, 0.1) is 0 Å².